The molecule has 122 valence electrons. The number of rotatable bonds is 5. The number of ether oxygens (including phenoxy) is 1. The molecule has 0 aliphatic heterocycles. The lowest BCUT2D eigenvalue weighted by atomic mass is 10.1. The number of carbonyl (C=O) groups is 1. The summed E-state index contributed by atoms with van der Waals surface area (Å²) in [4.78, 5) is 20.0. The average Bonchev–Trinajstić information content (AvgIpc) is 3.06. The minimum Gasteiger partial charge on any atom is -0.443 e. The van der Waals surface area contributed by atoms with E-state index < -0.39 is 6.09 Å². The van der Waals surface area contributed by atoms with Gasteiger partial charge in [-0.1, -0.05) is 6.07 Å². The number of nitrogens with one attached hydrogen (secondary N) is 1. The standard InChI is InChI=1S/C17H17N5O2/c1-22-11-15(10-21-22)14-6-13(7-18-9-14)8-20-17(23)24-12-16-4-2-3-5-19-16/h2-7,9-11H,8,12H2,1H3,(H,20,23). The Labute approximate surface area is 139 Å². The summed E-state index contributed by atoms with van der Waals surface area (Å²) in [7, 11) is 1.86. The first-order valence-electron chi connectivity index (χ1n) is 7.44. The molecule has 3 aromatic rings. The zero-order valence-electron chi connectivity index (χ0n) is 13.2. The van der Waals surface area contributed by atoms with Gasteiger partial charge in [-0.05, 0) is 23.8 Å². The Morgan fingerprint density at radius 3 is 2.92 bits per heavy atom. The van der Waals surface area contributed by atoms with Crippen LogP contribution in [0.4, 0.5) is 4.79 Å². The number of carbonyl (C=O) groups excluding carboxylic acids is 1. The highest BCUT2D eigenvalue weighted by Gasteiger charge is 2.06. The van der Waals surface area contributed by atoms with Gasteiger partial charge in [0.05, 0.1) is 11.9 Å². The van der Waals surface area contributed by atoms with Crippen LogP contribution in [0.1, 0.15) is 11.3 Å². The van der Waals surface area contributed by atoms with Crippen molar-refractivity contribution in [1.29, 1.82) is 0 Å². The summed E-state index contributed by atoms with van der Waals surface area (Å²) in [6, 6.07) is 7.42. The first kappa shape index (κ1) is 15.7. The fraction of sp³-hybridized carbons (Fsp3) is 0.176. The number of aromatic nitrogens is 4. The van der Waals surface area contributed by atoms with Crippen LogP contribution in [-0.2, 0) is 24.9 Å². The summed E-state index contributed by atoms with van der Waals surface area (Å²) in [5.41, 5.74) is 3.51. The monoisotopic (exact) mass is 323 g/mol. The molecule has 0 saturated carbocycles. The van der Waals surface area contributed by atoms with E-state index in [0.717, 1.165) is 16.7 Å². The molecule has 24 heavy (non-hydrogen) atoms. The number of hydrogen-bond donors (Lipinski definition) is 1. The van der Waals surface area contributed by atoms with Crippen LogP contribution in [0, 0.1) is 0 Å². The molecule has 3 aromatic heterocycles. The van der Waals surface area contributed by atoms with Crippen molar-refractivity contribution in [2.24, 2.45) is 7.05 Å². The van der Waals surface area contributed by atoms with E-state index in [4.69, 9.17) is 4.74 Å². The summed E-state index contributed by atoms with van der Waals surface area (Å²) < 4.78 is 6.85. The van der Waals surface area contributed by atoms with Crippen molar-refractivity contribution >= 4 is 6.09 Å². The fourth-order valence-electron chi connectivity index (χ4n) is 2.16. The number of alkyl carbamates (subject to hydrolysis) is 1. The van der Waals surface area contributed by atoms with Crippen LogP contribution in [-0.4, -0.2) is 25.8 Å². The van der Waals surface area contributed by atoms with Crippen LogP contribution in [0.3, 0.4) is 0 Å². The maximum Gasteiger partial charge on any atom is 0.407 e. The average molecular weight is 323 g/mol. The summed E-state index contributed by atoms with van der Waals surface area (Å²) in [6.45, 7) is 0.475. The molecular formula is C17H17N5O2. The molecule has 0 aromatic carbocycles. The predicted molar refractivity (Wildman–Crippen MR) is 87.7 cm³/mol. The minimum atomic E-state index is -0.493. The van der Waals surface area contributed by atoms with Crippen molar-refractivity contribution in [3.8, 4) is 11.1 Å². The van der Waals surface area contributed by atoms with Crippen LogP contribution in [0.5, 0.6) is 0 Å². The summed E-state index contributed by atoms with van der Waals surface area (Å²) in [5, 5.41) is 6.85. The number of aryl methyl sites for hydroxylation is 1. The van der Waals surface area contributed by atoms with E-state index in [1.807, 2.05) is 31.4 Å². The van der Waals surface area contributed by atoms with Gasteiger partial charge in [-0.2, -0.15) is 5.10 Å². The molecule has 0 unspecified atom stereocenters. The van der Waals surface area contributed by atoms with E-state index in [-0.39, 0.29) is 6.61 Å². The lowest BCUT2D eigenvalue weighted by Crippen LogP contribution is -2.23. The van der Waals surface area contributed by atoms with Crippen LogP contribution in [0.15, 0.2) is 55.2 Å². The molecule has 0 spiro atoms. The summed E-state index contributed by atoms with van der Waals surface area (Å²) in [5.74, 6) is 0. The van der Waals surface area contributed by atoms with Gasteiger partial charge in [0.15, 0.2) is 0 Å². The van der Waals surface area contributed by atoms with Gasteiger partial charge in [-0.3, -0.25) is 14.6 Å². The molecule has 7 heteroatoms. The predicted octanol–water partition coefficient (Wildman–Crippen LogP) is 2.30. The number of amides is 1. The van der Waals surface area contributed by atoms with E-state index in [0.29, 0.717) is 12.2 Å². The van der Waals surface area contributed by atoms with Crippen molar-refractivity contribution < 1.29 is 9.53 Å². The maximum absolute atomic E-state index is 11.8. The Kier molecular flexibility index (Phi) is 4.81. The van der Waals surface area contributed by atoms with Crippen molar-refractivity contribution in [2.75, 3.05) is 0 Å². The maximum atomic E-state index is 11.8. The van der Waals surface area contributed by atoms with Gasteiger partial charge < -0.3 is 10.1 Å². The molecule has 7 nitrogen and oxygen atoms in total. The zero-order valence-corrected chi connectivity index (χ0v) is 13.2. The number of hydrogen-bond acceptors (Lipinski definition) is 5. The Morgan fingerprint density at radius 1 is 1.25 bits per heavy atom. The third-order valence-corrected chi connectivity index (χ3v) is 3.35. The Bertz CT molecular complexity index is 817. The third kappa shape index (κ3) is 4.16. The highest BCUT2D eigenvalue weighted by atomic mass is 16.5. The van der Waals surface area contributed by atoms with Crippen LogP contribution in [0.2, 0.25) is 0 Å². The summed E-state index contributed by atoms with van der Waals surface area (Å²) >= 11 is 0. The molecule has 0 aliphatic carbocycles. The minimum absolute atomic E-state index is 0.140. The molecule has 0 bridgehead atoms. The second kappa shape index (κ2) is 7.36. The van der Waals surface area contributed by atoms with Gasteiger partial charge in [0, 0.05) is 49.5 Å². The highest BCUT2D eigenvalue weighted by molar-refractivity contribution is 5.67. The van der Waals surface area contributed by atoms with Gasteiger partial charge in [-0.15, -0.1) is 0 Å². The Balaban J connectivity index is 1.54. The molecule has 0 atom stereocenters. The second-order valence-corrected chi connectivity index (χ2v) is 5.24. The molecule has 1 N–H and O–H groups in total. The van der Waals surface area contributed by atoms with Crippen LogP contribution in [0.25, 0.3) is 11.1 Å². The fourth-order valence-corrected chi connectivity index (χ4v) is 2.16. The van der Waals surface area contributed by atoms with Gasteiger partial charge in [0.1, 0.15) is 6.61 Å². The quantitative estimate of drug-likeness (QED) is 0.779. The van der Waals surface area contributed by atoms with Gasteiger partial charge in [0.25, 0.3) is 0 Å². The SMILES string of the molecule is Cn1cc(-c2cncc(CNC(=O)OCc3ccccn3)c2)cn1. The lowest BCUT2D eigenvalue weighted by Gasteiger charge is -2.07. The lowest BCUT2D eigenvalue weighted by molar-refractivity contribution is 0.137. The van der Waals surface area contributed by atoms with E-state index in [1.54, 1.807) is 35.5 Å². The van der Waals surface area contributed by atoms with Crippen LogP contribution >= 0.6 is 0 Å². The first-order valence-corrected chi connectivity index (χ1v) is 7.44. The van der Waals surface area contributed by atoms with Crippen molar-refractivity contribution in [1.82, 2.24) is 25.1 Å². The van der Waals surface area contributed by atoms with Crippen molar-refractivity contribution in [3.63, 3.8) is 0 Å². The van der Waals surface area contributed by atoms with Crippen molar-refractivity contribution in [3.05, 3.63) is 66.5 Å². The molecule has 0 saturated heterocycles. The topological polar surface area (TPSA) is 81.9 Å². The first-order chi connectivity index (χ1) is 11.7. The molecule has 0 radical (unpaired) electrons. The van der Waals surface area contributed by atoms with Gasteiger partial charge in [0.2, 0.25) is 0 Å². The van der Waals surface area contributed by atoms with E-state index in [9.17, 15) is 4.79 Å². The van der Waals surface area contributed by atoms with E-state index in [1.165, 1.54) is 0 Å². The van der Waals surface area contributed by atoms with E-state index >= 15 is 0 Å². The van der Waals surface area contributed by atoms with E-state index in [2.05, 4.69) is 20.4 Å². The summed E-state index contributed by atoms with van der Waals surface area (Å²) in [6.07, 6.45) is 8.32. The molecule has 1 amide bonds. The zero-order chi connectivity index (χ0) is 16.8. The largest absolute Gasteiger partial charge is 0.443 e. The highest BCUT2D eigenvalue weighted by Crippen LogP contribution is 2.18. The smallest absolute Gasteiger partial charge is 0.407 e. The normalized spacial score (nSPS) is 10.4. The Hall–Kier alpha value is -3.22. The van der Waals surface area contributed by atoms with Gasteiger partial charge in [-0.25, -0.2) is 4.79 Å². The molecular weight excluding hydrogens is 306 g/mol. The number of nitrogens with zero attached hydrogens (tertiary/aromatic N) is 4. The third-order valence-electron chi connectivity index (χ3n) is 3.35. The Morgan fingerprint density at radius 2 is 2.17 bits per heavy atom. The second-order valence-electron chi connectivity index (χ2n) is 5.24. The van der Waals surface area contributed by atoms with Gasteiger partial charge >= 0.3 is 6.09 Å². The molecule has 3 rings (SSSR count). The van der Waals surface area contributed by atoms with Crippen LogP contribution < -0.4 is 5.32 Å². The van der Waals surface area contributed by atoms with Crippen molar-refractivity contribution in [2.45, 2.75) is 13.2 Å². The molecule has 0 aliphatic rings. The molecule has 3 heterocycles. The number of pyridine rings is 2. The molecule has 0 fully saturated rings.